The highest BCUT2D eigenvalue weighted by atomic mass is 16.5. The van der Waals surface area contributed by atoms with Crippen molar-refractivity contribution in [3.63, 3.8) is 0 Å². The standard InChI is InChI=1S/C12H18N2O5/c1-2-3-7-10(17)8(6-15)19-11(7)14-5-4-9(16)13-12(14)18/h4-5,7-8,10-11,15,17H,2-3,6H2,1H3,(H,13,16,18)/t7-,8-,10+,11-/m1/s1. The molecule has 1 fully saturated rings. The van der Waals surface area contributed by atoms with Crippen molar-refractivity contribution in [3.8, 4) is 0 Å². The molecule has 0 aromatic carbocycles. The first-order chi connectivity index (χ1) is 9.08. The summed E-state index contributed by atoms with van der Waals surface area (Å²) in [7, 11) is 0. The second kappa shape index (κ2) is 5.68. The molecule has 4 atom stereocenters. The van der Waals surface area contributed by atoms with Crippen LogP contribution in [-0.4, -0.2) is 38.6 Å². The monoisotopic (exact) mass is 270 g/mol. The number of nitrogens with one attached hydrogen (secondary N) is 1. The van der Waals surface area contributed by atoms with E-state index in [0.29, 0.717) is 6.42 Å². The van der Waals surface area contributed by atoms with Crippen LogP contribution in [0.4, 0.5) is 0 Å². The van der Waals surface area contributed by atoms with Crippen LogP contribution >= 0.6 is 0 Å². The van der Waals surface area contributed by atoms with Gasteiger partial charge in [0.2, 0.25) is 0 Å². The molecule has 0 spiro atoms. The SMILES string of the molecule is CCC[C@@H]1[C@H](O)[C@@H](CO)O[C@H]1n1ccc(=O)[nH]c1=O. The molecule has 2 rings (SSSR count). The maximum Gasteiger partial charge on any atom is 0.330 e. The smallest absolute Gasteiger partial charge is 0.330 e. The zero-order valence-corrected chi connectivity index (χ0v) is 10.7. The number of hydrogen-bond donors (Lipinski definition) is 3. The van der Waals surface area contributed by atoms with Crippen molar-refractivity contribution in [2.75, 3.05) is 6.61 Å². The molecule has 1 saturated heterocycles. The van der Waals surface area contributed by atoms with Gasteiger partial charge in [0.25, 0.3) is 5.56 Å². The van der Waals surface area contributed by atoms with Crippen molar-refractivity contribution >= 4 is 0 Å². The van der Waals surface area contributed by atoms with E-state index in [2.05, 4.69) is 4.98 Å². The summed E-state index contributed by atoms with van der Waals surface area (Å²) in [6, 6.07) is 1.23. The highest BCUT2D eigenvalue weighted by Gasteiger charge is 2.43. The van der Waals surface area contributed by atoms with E-state index in [-0.39, 0.29) is 12.5 Å². The molecule has 1 aromatic rings. The molecule has 19 heavy (non-hydrogen) atoms. The fourth-order valence-electron chi connectivity index (χ4n) is 2.50. The average Bonchev–Trinajstić information content (AvgIpc) is 2.68. The van der Waals surface area contributed by atoms with Gasteiger partial charge in [-0.1, -0.05) is 13.3 Å². The summed E-state index contributed by atoms with van der Waals surface area (Å²) < 4.78 is 6.79. The number of hydrogen-bond acceptors (Lipinski definition) is 5. The topological polar surface area (TPSA) is 105 Å². The molecule has 7 nitrogen and oxygen atoms in total. The maximum absolute atomic E-state index is 11.8. The van der Waals surface area contributed by atoms with Gasteiger partial charge in [0.15, 0.2) is 0 Å². The summed E-state index contributed by atoms with van der Waals surface area (Å²) in [5, 5.41) is 19.3. The molecule has 106 valence electrons. The summed E-state index contributed by atoms with van der Waals surface area (Å²) in [6.07, 6.45) is 0.623. The van der Waals surface area contributed by atoms with Crippen LogP contribution in [0.2, 0.25) is 0 Å². The summed E-state index contributed by atoms with van der Waals surface area (Å²) in [6.45, 7) is 1.65. The number of H-pyrrole nitrogens is 1. The first-order valence-corrected chi connectivity index (χ1v) is 6.34. The van der Waals surface area contributed by atoms with Crippen LogP contribution in [0.5, 0.6) is 0 Å². The van der Waals surface area contributed by atoms with Gasteiger partial charge in [-0.15, -0.1) is 0 Å². The number of aliphatic hydroxyl groups is 2. The van der Waals surface area contributed by atoms with E-state index in [4.69, 9.17) is 4.74 Å². The van der Waals surface area contributed by atoms with Crippen molar-refractivity contribution in [1.29, 1.82) is 0 Å². The Hall–Kier alpha value is -1.44. The first kappa shape index (κ1) is 14.0. The normalized spacial score (nSPS) is 30.7. The molecule has 2 heterocycles. The van der Waals surface area contributed by atoms with Crippen LogP contribution in [0.25, 0.3) is 0 Å². The Morgan fingerprint density at radius 2 is 2.21 bits per heavy atom. The summed E-state index contributed by atoms with van der Waals surface area (Å²) in [5.41, 5.74) is -1.06. The third-order valence-corrected chi connectivity index (χ3v) is 3.43. The van der Waals surface area contributed by atoms with E-state index in [1.807, 2.05) is 6.92 Å². The third-order valence-electron chi connectivity index (χ3n) is 3.43. The lowest BCUT2D eigenvalue weighted by Crippen LogP contribution is -2.34. The summed E-state index contributed by atoms with van der Waals surface area (Å²) in [4.78, 5) is 25.0. The molecular weight excluding hydrogens is 252 g/mol. The lowest BCUT2D eigenvalue weighted by Gasteiger charge is -2.21. The van der Waals surface area contributed by atoms with Gasteiger partial charge in [-0.2, -0.15) is 0 Å². The highest BCUT2D eigenvalue weighted by Crippen LogP contribution is 2.36. The van der Waals surface area contributed by atoms with Gasteiger partial charge in [-0.25, -0.2) is 4.79 Å². The molecule has 1 aromatic heterocycles. The number of aliphatic hydroxyl groups excluding tert-OH is 2. The molecule has 0 saturated carbocycles. The molecule has 0 unspecified atom stereocenters. The van der Waals surface area contributed by atoms with Crippen molar-refractivity contribution in [3.05, 3.63) is 33.1 Å². The van der Waals surface area contributed by atoms with Crippen LogP contribution in [0, 0.1) is 5.92 Å². The van der Waals surface area contributed by atoms with Crippen molar-refractivity contribution in [2.24, 2.45) is 5.92 Å². The highest BCUT2D eigenvalue weighted by molar-refractivity contribution is 4.92. The summed E-state index contributed by atoms with van der Waals surface area (Å²) in [5.74, 6) is -0.286. The number of aromatic amines is 1. The van der Waals surface area contributed by atoms with Crippen molar-refractivity contribution < 1.29 is 14.9 Å². The Balaban J connectivity index is 2.36. The second-order valence-corrected chi connectivity index (χ2v) is 4.71. The molecule has 0 bridgehead atoms. The zero-order chi connectivity index (χ0) is 14.0. The van der Waals surface area contributed by atoms with E-state index in [0.717, 1.165) is 6.42 Å². The van der Waals surface area contributed by atoms with Gasteiger partial charge in [-0.05, 0) is 6.42 Å². The number of ether oxygens (including phenoxy) is 1. The number of nitrogens with zero attached hydrogens (tertiary/aromatic N) is 1. The Morgan fingerprint density at radius 3 is 2.79 bits per heavy atom. The fourth-order valence-corrected chi connectivity index (χ4v) is 2.50. The quantitative estimate of drug-likeness (QED) is 0.664. The predicted octanol–water partition coefficient (Wildman–Crippen LogP) is -0.797. The molecule has 1 aliphatic rings. The van der Waals surface area contributed by atoms with E-state index in [1.54, 1.807) is 0 Å². The molecular formula is C12H18N2O5. The molecule has 3 N–H and O–H groups in total. The first-order valence-electron chi connectivity index (χ1n) is 6.34. The van der Waals surface area contributed by atoms with Gasteiger partial charge in [-0.3, -0.25) is 14.3 Å². The van der Waals surface area contributed by atoms with Gasteiger partial charge in [0.05, 0.1) is 12.7 Å². The minimum Gasteiger partial charge on any atom is -0.394 e. The second-order valence-electron chi connectivity index (χ2n) is 4.71. The predicted molar refractivity (Wildman–Crippen MR) is 66.7 cm³/mol. The minimum absolute atomic E-state index is 0.286. The van der Waals surface area contributed by atoms with Crippen LogP contribution in [0.15, 0.2) is 21.9 Å². The Kier molecular flexibility index (Phi) is 4.18. The van der Waals surface area contributed by atoms with Crippen molar-refractivity contribution in [2.45, 2.75) is 38.2 Å². The Labute approximate surface area is 109 Å². The maximum atomic E-state index is 11.8. The Bertz CT molecular complexity index is 537. The van der Waals surface area contributed by atoms with Crippen LogP contribution < -0.4 is 11.2 Å². The number of rotatable bonds is 4. The van der Waals surface area contributed by atoms with E-state index < -0.39 is 29.7 Å². The van der Waals surface area contributed by atoms with Gasteiger partial charge < -0.3 is 14.9 Å². The minimum atomic E-state index is -0.825. The van der Waals surface area contributed by atoms with E-state index >= 15 is 0 Å². The van der Waals surface area contributed by atoms with Gasteiger partial charge >= 0.3 is 5.69 Å². The third kappa shape index (κ3) is 2.63. The van der Waals surface area contributed by atoms with Crippen LogP contribution in [0.1, 0.15) is 26.0 Å². The molecule has 7 heteroatoms. The molecule has 1 aliphatic heterocycles. The van der Waals surface area contributed by atoms with Crippen LogP contribution in [-0.2, 0) is 4.74 Å². The lowest BCUT2D eigenvalue weighted by atomic mass is 9.95. The summed E-state index contributed by atoms with van der Waals surface area (Å²) >= 11 is 0. The molecule has 0 amide bonds. The zero-order valence-electron chi connectivity index (χ0n) is 10.7. The fraction of sp³-hybridized carbons (Fsp3) is 0.667. The molecule has 0 radical (unpaired) electrons. The number of aromatic nitrogens is 2. The average molecular weight is 270 g/mol. The van der Waals surface area contributed by atoms with E-state index in [9.17, 15) is 19.8 Å². The largest absolute Gasteiger partial charge is 0.394 e. The van der Waals surface area contributed by atoms with Gasteiger partial charge in [0, 0.05) is 18.2 Å². The van der Waals surface area contributed by atoms with Gasteiger partial charge in [0.1, 0.15) is 12.3 Å². The van der Waals surface area contributed by atoms with Crippen molar-refractivity contribution in [1.82, 2.24) is 9.55 Å². The Morgan fingerprint density at radius 1 is 1.47 bits per heavy atom. The van der Waals surface area contributed by atoms with E-state index in [1.165, 1.54) is 16.8 Å². The van der Waals surface area contributed by atoms with Crippen LogP contribution in [0.3, 0.4) is 0 Å². The molecule has 0 aliphatic carbocycles. The lowest BCUT2D eigenvalue weighted by molar-refractivity contribution is -0.0483.